The summed E-state index contributed by atoms with van der Waals surface area (Å²) in [7, 11) is 1.84. The molecule has 0 radical (unpaired) electrons. The Hall–Kier alpha value is -1.81. The molecule has 0 aromatic heterocycles. The van der Waals surface area contributed by atoms with Crippen LogP contribution in [0.4, 0.5) is 0 Å². The summed E-state index contributed by atoms with van der Waals surface area (Å²) in [6.45, 7) is 2.05. The number of nitrogens with zero attached hydrogens (tertiary/aromatic N) is 1. The summed E-state index contributed by atoms with van der Waals surface area (Å²) >= 11 is 0. The molecule has 0 bridgehead atoms. The van der Waals surface area contributed by atoms with Crippen LogP contribution in [0.3, 0.4) is 0 Å². The van der Waals surface area contributed by atoms with Gasteiger partial charge in [0.05, 0.1) is 11.7 Å². The van der Waals surface area contributed by atoms with Crippen LogP contribution in [-0.2, 0) is 0 Å². The molecule has 1 atom stereocenters. The number of aliphatic imine (C=N–C) groups is 1. The molecule has 4 heteroatoms. The van der Waals surface area contributed by atoms with Crippen molar-refractivity contribution in [1.29, 1.82) is 0 Å². The fraction of sp³-hybridized carbons (Fsp3) is 0.357. The first-order chi connectivity index (χ1) is 8.85. The number of hydrogen-bond acceptors (Lipinski definition) is 4. The molecule has 0 saturated carbocycles. The van der Waals surface area contributed by atoms with Crippen molar-refractivity contribution >= 4 is 6.21 Å². The zero-order valence-corrected chi connectivity index (χ0v) is 10.6. The van der Waals surface area contributed by atoms with Crippen molar-refractivity contribution in [3.8, 4) is 0 Å². The first kappa shape index (κ1) is 12.6. The number of rotatable bonds is 5. The predicted octanol–water partition coefficient (Wildman–Crippen LogP) is 1.04. The van der Waals surface area contributed by atoms with Crippen molar-refractivity contribution in [1.82, 2.24) is 10.6 Å². The van der Waals surface area contributed by atoms with Crippen LogP contribution in [0.1, 0.15) is 11.6 Å². The highest BCUT2D eigenvalue weighted by molar-refractivity contribution is 5.77. The van der Waals surface area contributed by atoms with E-state index in [1.165, 1.54) is 11.8 Å². The third kappa shape index (κ3) is 2.90. The van der Waals surface area contributed by atoms with Gasteiger partial charge >= 0.3 is 0 Å². The highest BCUT2D eigenvalue weighted by atomic mass is 15.0. The second kappa shape index (κ2) is 6.21. The molecule has 96 valence electrons. The Morgan fingerprint density at radius 2 is 2.17 bits per heavy atom. The molecule has 1 heterocycles. The monoisotopic (exact) mass is 244 g/mol. The smallest absolute Gasteiger partial charge is 0.0802 e. The lowest BCUT2D eigenvalue weighted by Crippen LogP contribution is -2.45. The van der Waals surface area contributed by atoms with Crippen molar-refractivity contribution < 1.29 is 0 Å². The molecule has 1 aliphatic rings. The molecular weight excluding hydrogens is 224 g/mol. The van der Waals surface area contributed by atoms with E-state index in [4.69, 9.17) is 5.73 Å². The number of benzene rings is 1. The van der Waals surface area contributed by atoms with Crippen LogP contribution < -0.4 is 16.4 Å². The molecule has 1 aromatic rings. The minimum atomic E-state index is 0.204. The molecule has 18 heavy (non-hydrogen) atoms. The largest absolute Gasteiger partial charge is 0.403 e. The van der Waals surface area contributed by atoms with Gasteiger partial charge in [0.1, 0.15) is 0 Å². The lowest BCUT2D eigenvalue weighted by Gasteiger charge is -2.32. The van der Waals surface area contributed by atoms with Crippen LogP contribution >= 0.6 is 0 Å². The van der Waals surface area contributed by atoms with Crippen LogP contribution in [-0.4, -0.2) is 26.4 Å². The van der Waals surface area contributed by atoms with Gasteiger partial charge in [0.15, 0.2) is 0 Å². The van der Waals surface area contributed by atoms with E-state index >= 15 is 0 Å². The van der Waals surface area contributed by atoms with Gasteiger partial charge in [0.2, 0.25) is 0 Å². The average molecular weight is 244 g/mol. The van der Waals surface area contributed by atoms with Crippen LogP contribution in [0.25, 0.3) is 0 Å². The summed E-state index contributed by atoms with van der Waals surface area (Å²) in [6.07, 6.45) is 3.35. The molecule has 1 unspecified atom stereocenters. The maximum atomic E-state index is 5.50. The van der Waals surface area contributed by atoms with E-state index in [0.717, 1.165) is 18.8 Å². The second-order valence-electron chi connectivity index (χ2n) is 4.42. The summed E-state index contributed by atoms with van der Waals surface area (Å²) in [6, 6.07) is 10.6. The number of nitrogens with two attached hydrogens (primary N) is 1. The topological polar surface area (TPSA) is 62.4 Å². The van der Waals surface area contributed by atoms with Gasteiger partial charge in [-0.3, -0.25) is 4.99 Å². The van der Waals surface area contributed by atoms with E-state index in [0.29, 0.717) is 5.92 Å². The quantitative estimate of drug-likeness (QED) is 0.678. The molecule has 4 N–H and O–H groups in total. The summed E-state index contributed by atoms with van der Waals surface area (Å²) in [4.78, 5) is 4.68. The minimum absolute atomic E-state index is 0.204. The van der Waals surface area contributed by atoms with Gasteiger partial charge in [-0.05, 0) is 5.56 Å². The van der Waals surface area contributed by atoms with Gasteiger partial charge in [-0.1, -0.05) is 30.3 Å². The van der Waals surface area contributed by atoms with Gasteiger partial charge in [-0.15, -0.1) is 0 Å². The SMILES string of the molecule is CN/C(C=NC(c1ccccc1)C1CNC1)=C/N. The Kier molecular flexibility index (Phi) is 4.36. The molecule has 0 amide bonds. The van der Waals surface area contributed by atoms with Crippen LogP contribution in [0.2, 0.25) is 0 Å². The Bertz CT molecular complexity index is 421. The van der Waals surface area contributed by atoms with E-state index in [1.54, 1.807) is 0 Å². The van der Waals surface area contributed by atoms with E-state index in [-0.39, 0.29) is 6.04 Å². The third-order valence-corrected chi connectivity index (χ3v) is 3.24. The number of nitrogens with one attached hydrogen (secondary N) is 2. The number of hydrogen-bond donors (Lipinski definition) is 3. The van der Waals surface area contributed by atoms with E-state index in [2.05, 4.69) is 39.9 Å². The zero-order valence-electron chi connectivity index (χ0n) is 10.6. The zero-order chi connectivity index (χ0) is 12.8. The maximum Gasteiger partial charge on any atom is 0.0802 e. The van der Waals surface area contributed by atoms with Crippen LogP contribution in [0.15, 0.2) is 47.2 Å². The van der Waals surface area contributed by atoms with Gasteiger partial charge < -0.3 is 16.4 Å². The molecule has 0 aliphatic carbocycles. The predicted molar refractivity (Wildman–Crippen MR) is 75.4 cm³/mol. The average Bonchev–Trinajstić information content (AvgIpc) is 2.37. The van der Waals surface area contributed by atoms with Crippen LogP contribution in [0, 0.1) is 5.92 Å². The third-order valence-electron chi connectivity index (χ3n) is 3.24. The molecule has 1 fully saturated rings. The summed E-state index contributed by atoms with van der Waals surface area (Å²) in [5, 5.41) is 6.30. The van der Waals surface area contributed by atoms with Crippen molar-refractivity contribution in [2.45, 2.75) is 6.04 Å². The summed E-state index contributed by atoms with van der Waals surface area (Å²) < 4.78 is 0. The van der Waals surface area contributed by atoms with Gasteiger partial charge in [0, 0.05) is 38.5 Å². The molecule has 4 nitrogen and oxygen atoms in total. The Morgan fingerprint density at radius 3 is 2.67 bits per heavy atom. The Labute approximate surface area is 108 Å². The highest BCUT2D eigenvalue weighted by Gasteiger charge is 2.27. The van der Waals surface area contributed by atoms with Crippen LogP contribution in [0.5, 0.6) is 0 Å². The second-order valence-corrected chi connectivity index (χ2v) is 4.42. The molecule has 0 spiro atoms. The van der Waals surface area contributed by atoms with Crippen molar-refractivity contribution in [3.05, 3.63) is 47.8 Å². The standard InChI is InChI=1S/C14H20N4/c1-16-13(7-15)10-18-14(12-8-17-9-12)11-5-3-2-4-6-11/h2-7,10,12,14,16-17H,8-9,15H2,1H3/b13-7+,18-10?. The van der Waals surface area contributed by atoms with Crippen molar-refractivity contribution in [3.63, 3.8) is 0 Å². The Morgan fingerprint density at radius 1 is 1.44 bits per heavy atom. The summed E-state index contributed by atoms with van der Waals surface area (Å²) in [5.41, 5.74) is 7.60. The lowest BCUT2D eigenvalue weighted by atomic mass is 9.89. The molecular formula is C14H20N4. The summed E-state index contributed by atoms with van der Waals surface area (Å²) in [5.74, 6) is 0.569. The molecule has 1 aromatic carbocycles. The van der Waals surface area contributed by atoms with Crippen molar-refractivity contribution in [2.24, 2.45) is 16.6 Å². The Balaban J connectivity index is 2.16. The highest BCUT2D eigenvalue weighted by Crippen LogP contribution is 2.28. The fourth-order valence-corrected chi connectivity index (χ4v) is 2.02. The van der Waals surface area contributed by atoms with Crippen molar-refractivity contribution in [2.75, 3.05) is 20.1 Å². The minimum Gasteiger partial charge on any atom is -0.403 e. The lowest BCUT2D eigenvalue weighted by molar-refractivity contribution is 0.297. The fourth-order valence-electron chi connectivity index (χ4n) is 2.02. The van der Waals surface area contributed by atoms with E-state index in [1.807, 2.05) is 19.3 Å². The maximum absolute atomic E-state index is 5.50. The normalized spacial score (nSPS) is 18.6. The first-order valence-electron chi connectivity index (χ1n) is 6.23. The van der Waals surface area contributed by atoms with Gasteiger partial charge in [-0.25, -0.2) is 0 Å². The van der Waals surface area contributed by atoms with E-state index < -0.39 is 0 Å². The molecule has 1 aliphatic heterocycles. The van der Waals surface area contributed by atoms with Gasteiger partial charge in [-0.2, -0.15) is 0 Å². The molecule has 2 rings (SSSR count). The van der Waals surface area contributed by atoms with Gasteiger partial charge in [0.25, 0.3) is 0 Å². The van der Waals surface area contributed by atoms with E-state index in [9.17, 15) is 0 Å². The first-order valence-corrected chi connectivity index (χ1v) is 6.23. The number of allylic oxidation sites excluding steroid dienone is 1. The molecule has 1 saturated heterocycles.